The van der Waals surface area contributed by atoms with Crippen molar-refractivity contribution >= 4 is 23.5 Å². The first kappa shape index (κ1) is 27.9. The zero-order valence-corrected chi connectivity index (χ0v) is 22.0. The molecule has 1 fully saturated rings. The molecule has 4 amide bonds. The van der Waals surface area contributed by atoms with E-state index in [9.17, 15) is 19.5 Å². The minimum atomic E-state index is -0.864. The van der Waals surface area contributed by atoms with Gasteiger partial charge in [-0.2, -0.15) is 0 Å². The highest BCUT2D eigenvalue weighted by molar-refractivity contribution is 5.92. The van der Waals surface area contributed by atoms with Crippen LogP contribution in [0.15, 0.2) is 54.6 Å². The summed E-state index contributed by atoms with van der Waals surface area (Å²) in [7, 11) is 7.21. The van der Waals surface area contributed by atoms with Crippen LogP contribution in [0.4, 0.5) is 10.5 Å². The van der Waals surface area contributed by atoms with Crippen LogP contribution in [-0.2, 0) is 22.6 Å². The predicted molar refractivity (Wildman–Crippen MR) is 143 cm³/mol. The lowest BCUT2D eigenvalue weighted by Gasteiger charge is -2.26. The van der Waals surface area contributed by atoms with E-state index in [1.54, 1.807) is 14.1 Å². The minimum Gasteiger partial charge on any atom is -0.390 e. The highest BCUT2D eigenvalue weighted by Crippen LogP contribution is 2.13. The monoisotopic (exact) mass is 510 g/mol. The van der Waals surface area contributed by atoms with Crippen LogP contribution in [0.3, 0.4) is 0 Å². The molecule has 0 radical (unpaired) electrons. The Labute approximate surface area is 218 Å². The van der Waals surface area contributed by atoms with Gasteiger partial charge in [-0.05, 0) is 29.7 Å². The molecule has 0 bridgehead atoms. The number of rotatable bonds is 12. The summed E-state index contributed by atoms with van der Waals surface area (Å²) in [5.41, 5.74) is 3.15. The fourth-order valence-corrected chi connectivity index (χ4v) is 4.21. The Morgan fingerprint density at radius 1 is 1.08 bits per heavy atom. The molecule has 2 aromatic carbocycles. The quantitative estimate of drug-likeness (QED) is 0.329. The van der Waals surface area contributed by atoms with Crippen molar-refractivity contribution in [2.24, 2.45) is 0 Å². The highest BCUT2D eigenvalue weighted by Gasteiger charge is 2.35. The Balaban J connectivity index is 1.59. The van der Waals surface area contributed by atoms with E-state index < -0.39 is 30.1 Å². The van der Waals surface area contributed by atoms with Gasteiger partial charge in [0.2, 0.25) is 11.8 Å². The van der Waals surface area contributed by atoms with Gasteiger partial charge in [-0.15, -0.1) is 0 Å². The Hall–Kier alpha value is -3.63. The molecular weight excluding hydrogens is 472 g/mol. The van der Waals surface area contributed by atoms with Gasteiger partial charge in [-0.3, -0.25) is 9.59 Å². The van der Waals surface area contributed by atoms with E-state index in [1.807, 2.05) is 67.5 Å². The number of aliphatic hydroxyl groups excluding tert-OH is 1. The summed E-state index contributed by atoms with van der Waals surface area (Å²) in [4.78, 5) is 42.1. The average molecular weight is 511 g/mol. The summed E-state index contributed by atoms with van der Waals surface area (Å²) in [6.45, 7) is 0.752. The largest absolute Gasteiger partial charge is 0.390 e. The van der Waals surface area contributed by atoms with E-state index in [0.29, 0.717) is 13.0 Å². The number of nitrogens with one attached hydrogen (secondary N) is 3. The molecular formula is C27H38N6O4. The van der Waals surface area contributed by atoms with Gasteiger partial charge in [0.15, 0.2) is 0 Å². The maximum absolute atomic E-state index is 12.9. The van der Waals surface area contributed by atoms with Crippen molar-refractivity contribution in [2.45, 2.75) is 31.2 Å². The molecule has 0 saturated carbocycles. The van der Waals surface area contributed by atoms with Crippen LogP contribution in [0.2, 0.25) is 0 Å². The summed E-state index contributed by atoms with van der Waals surface area (Å²) in [6, 6.07) is 16.0. The molecule has 10 nitrogen and oxygen atoms in total. The molecule has 1 aliphatic heterocycles. The van der Waals surface area contributed by atoms with Gasteiger partial charge in [-0.25, -0.2) is 4.79 Å². The number of hydrogen-bond donors (Lipinski definition) is 4. The molecule has 0 aliphatic carbocycles. The van der Waals surface area contributed by atoms with Crippen LogP contribution >= 0.6 is 0 Å². The normalized spacial score (nSPS) is 16.6. The van der Waals surface area contributed by atoms with Crippen LogP contribution in [-0.4, -0.2) is 98.8 Å². The zero-order valence-electron chi connectivity index (χ0n) is 22.0. The lowest BCUT2D eigenvalue weighted by atomic mass is 10.0. The molecule has 1 saturated heterocycles. The molecule has 0 unspecified atom stereocenters. The van der Waals surface area contributed by atoms with E-state index in [0.717, 1.165) is 16.8 Å². The van der Waals surface area contributed by atoms with Crippen LogP contribution in [0.1, 0.15) is 11.1 Å². The second kappa shape index (κ2) is 13.1. The number of hydrogen-bond acceptors (Lipinski definition) is 6. The molecule has 1 heterocycles. The maximum Gasteiger partial charge on any atom is 0.318 e. The van der Waals surface area contributed by atoms with Crippen molar-refractivity contribution in [3.63, 3.8) is 0 Å². The Morgan fingerprint density at radius 2 is 1.78 bits per heavy atom. The average Bonchev–Trinajstić information content (AvgIpc) is 3.23. The van der Waals surface area contributed by atoms with Gasteiger partial charge in [0.1, 0.15) is 12.6 Å². The van der Waals surface area contributed by atoms with Crippen molar-refractivity contribution in [3.8, 4) is 0 Å². The second-order valence-corrected chi connectivity index (χ2v) is 9.74. The van der Waals surface area contributed by atoms with Crippen molar-refractivity contribution in [1.29, 1.82) is 0 Å². The summed E-state index contributed by atoms with van der Waals surface area (Å²) in [5.74, 6) is -0.623. The van der Waals surface area contributed by atoms with Gasteiger partial charge >= 0.3 is 6.03 Å². The molecule has 10 heteroatoms. The van der Waals surface area contributed by atoms with Crippen molar-refractivity contribution in [1.82, 2.24) is 25.8 Å². The predicted octanol–water partition coefficient (Wildman–Crippen LogP) is 0.413. The molecule has 0 aromatic heterocycles. The number of benzene rings is 2. The number of anilines is 1. The number of amides is 4. The van der Waals surface area contributed by atoms with Crippen LogP contribution < -0.4 is 20.9 Å². The summed E-state index contributed by atoms with van der Waals surface area (Å²) < 4.78 is 0. The lowest BCUT2D eigenvalue weighted by molar-refractivity contribution is -0.130. The number of nitrogens with zero attached hydrogens (tertiary/aromatic N) is 3. The Bertz CT molecular complexity index is 1060. The first-order valence-corrected chi connectivity index (χ1v) is 12.4. The topological polar surface area (TPSA) is 117 Å². The standard InChI is InChI=1S/C27H38N6O4/c1-31(2)21-12-8-11-20(13-21)15-28-16-24(34)22(14-19-9-6-5-7-10-19)29-25(35)18-33-17-23(30-27(33)37)26(36)32(3)4/h5-13,22-24,28,34H,14-18H2,1-4H3,(H,29,35)(H,30,37)/t22-,23-,24+/m0/s1. The molecule has 3 rings (SSSR count). The first-order valence-electron chi connectivity index (χ1n) is 12.4. The third kappa shape index (κ3) is 8.19. The van der Waals surface area contributed by atoms with Crippen LogP contribution in [0.25, 0.3) is 0 Å². The van der Waals surface area contributed by atoms with Gasteiger partial charge in [0.25, 0.3) is 0 Å². The number of carbonyl (C=O) groups is 3. The summed E-state index contributed by atoms with van der Waals surface area (Å²) >= 11 is 0. The molecule has 37 heavy (non-hydrogen) atoms. The Kier molecular flexibility index (Phi) is 9.87. The molecule has 4 N–H and O–H groups in total. The highest BCUT2D eigenvalue weighted by atomic mass is 16.3. The Morgan fingerprint density at radius 3 is 2.46 bits per heavy atom. The van der Waals surface area contributed by atoms with Crippen LogP contribution in [0.5, 0.6) is 0 Å². The second-order valence-electron chi connectivity index (χ2n) is 9.74. The van der Waals surface area contributed by atoms with Gasteiger partial charge in [0.05, 0.1) is 18.7 Å². The number of aliphatic hydroxyl groups is 1. The molecule has 3 atom stereocenters. The summed E-state index contributed by atoms with van der Waals surface area (Å²) in [5, 5.41) is 19.8. The molecule has 0 spiro atoms. The summed E-state index contributed by atoms with van der Waals surface area (Å²) in [6.07, 6.45) is -0.434. The number of carbonyl (C=O) groups excluding carboxylic acids is 3. The molecule has 1 aliphatic rings. The van der Waals surface area contributed by atoms with Crippen LogP contribution in [0, 0.1) is 0 Å². The van der Waals surface area contributed by atoms with E-state index in [4.69, 9.17) is 0 Å². The van der Waals surface area contributed by atoms with Crippen molar-refractivity contribution < 1.29 is 19.5 Å². The zero-order chi connectivity index (χ0) is 26.9. The third-order valence-electron chi connectivity index (χ3n) is 6.28. The van der Waals surface area contributed by atoms with Crippen molar-refractivity contribution in [3.05, 3.63) is 65.7 Å². The van der Waals surface area contributed by atoms with Gasteiger partial charge in [0, 0.05) is 47.0 Å². The maximum atomic E-state index is 12.9. The first-order chi connectivity index (χ1) is 17.6. The van der Waals surface area contributed by atoms with E-state index in [1.165, 1.54) is 9.80 Å². The number of urea groups is 1. The van der Waals surface area contributed by atoms with Crippen molar-refractivity contribution in [2.75, 3.05) is 52.7 Å². The van der Waals surface area contributed by atoms with E-state index in [-0.39, 0.29) is 25.5 Å². The van der Waals surface area contributed by atoms with Gasteiger partial charge in [-0.1, -0.05) is 42.5 Å². The third-order valence-corrected chi connectivity index (χ3v) is 6.28. The smallest absolute Gasteiger partial charge is 0.318 e. The van der Waals surface area contributed by atoms with Gasteiger partial charge < -0.3 is 35.8 Å². The minimum absolute atomic E-state index is 0.114. The fourth-order valence-electron chi connectivity index (χ4n) is 4.21. The SMILES string of the molecule is CN(C)C(=O)[C@@H]1CN(CC(=O)N[C@@H](Cc2ccccc2)[C@H](O)CNCc2cccc(N(C)C)c2)C(=O)N1. The molecule has 2 aromatic rings. The lowest BCUT2D eigenvalue weighted by Crippen LogP contribution is -2.51. The van der Waals surface area contributed by atoms with E-state index >= 15 is 0 Å². The fraction of sp³-hybridized carbons (Fsp3) is 0.444. The molecule has 200 valence electrons. The number of likely N-dealkylation sites (N-methyl/N-ethyl adjacent to an activating group) is 1. The van der Waals surface area contributed by atoms with E-state index in [2.05, 4.69) is 22.0 Å².